The van der Waals surface area contributed by atoms with Gasteiger partial charge in [-0.05, 0) is 82.3 Å². The van der Waals surface area contributed by atoms with Crippen LogP contribution in [0.1, 0.15) is 114 Å². The van der Waals surface area contributed by atoms with Gasteiger partial charge in [0, 0.05) is 56.6 Å². The molecule has 4 amide bonds. The summed E-state index contributed by atoms with van der Waals surface area (Å²) >= 11 is 0. The highest BCUT2D eigenvalue weighted by Crippen LogP contribution is 2.34. The number of imide groups is 2. The summed E-state index contributed by atoms with van der Waals surface area (Å²) in [6.45, 7) is 7.38. The Labute approximate surface area is 351 Å². The van der Waals surface area contributed by atoms with Gasteiger partial charge in [-0.1, -0.05) is 25.3 Å². The molecule has 0 spiro atoms. The quantitative estimate of drug-likeness (QED) is 0.0975. The third kappa shape index (κ3) is 8.51. The number of aromatic nitrogens is 4. The fourth-order valence-corrected chi connectivity index (χ4v) is 8.97. The van der Waals surface area contributed by atoms with Crippen molar-refractivity contribution >= 4 is 63.7 Å². The molecule has 4 aromatic rings. The number of piperazine rings is 1. The van der Waals surface area contributed by atoms with E-state index in [2.05, 4.69) is 30.4 Å². The molecule has 3 fully saturated rings. The molecule has 17 heteroatoms. The molecule has 318 valence electrons. The number of hydrogen-bond donors (Lipinski definition) is 2. The molecule has 0 radical (unpaired) electrons. The number of anilines is 3. The number of piperidine rings is 1. The number of fused-ring (bicyclic) bond motifs is 2. The molecule has 1 atom stereocenters. The SMILES string of the molecule is CC(=O)c1c(C)c2cnc(Nc3ccc(N4CCN(CCCCCC(=O)COc5cccc6c5C(=O)N(C5CCC(=O)NC5=O)C6=O)CC4)cn3)nc2n(C2CCCC2)c1=O. The van der Waals surface area contributed by atoms with Crippen molar-refractivity contribution in [3.8, 4) is 5.75 Å². The molecular weight excluding hydrogens is 783 g/mol. The molecule has 17 nitrogen and oxygen atoms in total. The topological polar surface area (TPSA) is 206 Å². The van der Waals surface area contributed by atoms with Gasteiger partial charge >= 0.3 is 0 Å². The van der Waals surface area contributed by atoms with Crippen molar-refractivity contribution in [3.63, 3.8) is 0 Å². The van der Waals surface area contributed by atoms with Crippen molar-refractivity contribution in [2.45, 2.75) is 90.1 Å². The molecule has 1 aromatic carbocycles. The van der Waals surface area contributed by atoms with E-state index in [9.17, 15) is 33.6 Å². The lowest BCUT2D eigenvalue weighted by Crippen LogP contribution is -2.54. The number of aryl methyl sites for hydroxylation is 1. The predicted octanol–water partition coefficient (Wildman–Crippen LogP) is 4.29. The van der Waals surface area contributed by atoms with Crippen LogP contribution in [0.5, 0.6) is 5.75 Å². The second-order valence-corrected chi connectivity index (χ2v) is 16.2. The first-order valence-corrected chi connectivity index (χ1v) is 21.1. The summed E-state index contributed by atoms with van der Waals surface area (Å²) in [5.41, 5.74) is 2.18. The number of benzene rings is 1. The summed E-state index contributed by atoms with van der Waals surface area (Å²) in [6.07, 6.45) is 10.2. The molecule has 1 aliphatic carbocycles. The smallest absolute Gasteiger partial charge is 0.266 e. The lowest BCUT2D eigenvalue weighted by atomic mass is 10.0. The Bertz CT molecular complexity index is 2470. The van der Waals surface area contributed by atoms with Crippen LogP contribution in [0.25, 0.3) is 11.0 Å². The van der Waals surface area contributed by atoms with E-state index in [0.717, 1.165) is 81.8 Å². The minimum atomic E-state index is -1.08. The van der Waals surface area contributed by atoms with Crippen LogP contribution >= 0.6 is 0 Å². The first-order valence-electron chi connectivity index (χ1n) is 21.1. The Kier molecular flexibility index (Phi) is 12.0. The van der Waals surface area contributed by atoms with Crippen molar-refractivity contribution in [3.05, 3.63) is 75.3 Å². The highest BCUT2D eigenvalue weighted by molar-refractivity contribution is 6.24. The third-order valence-electron chi connectivity index (χ3n) is 12.2. The summed E-state index contributed by atoms with van der Waals surface area (Å²) in [6, 6.07) is 7.40. The van der Waals surface area contributed by atoms with Crippen LogP contribution in [0, 0.1) is 6.92 Å². The van der Waals surface area contributed by atoms with E-state index in [1.54, 1.807) is 23.8 Å². The minimum Gasteiger partial charge on any atom is -0.485 e. The van der Waals surface area contributed by atoms with E-state index >= 15 is 0 Å². The maximum Gasteiger partial charge on any atom is 0.266 e. The molecule has 8 rings (SSSR count). The number of ketones is 2. The number of ether oxygens (including phenoxy) is 1. The Morgan fingerprint density at radius 2 is 1.69 bits per heavy atom. The Balaban J connectivity index is 0.768. The monoisotopic (exact) mass is 831 g/mol. The van der Waals surface area contributed by atoms with E-state index in [-0.39, 0.29) is 65.1 Å². The van der Waals surface area contributed by atoms with E-state index in [1.807, 2.05) is 18.3 Å². The van der Waals surface area contributed by atoms with Crippen molar-refractivity contribution in [2.75, 3.05) is 49.5 Å². The second-order valence-electron chi connectivity index (χ2n) is 16.2. The maximum absolute atomic E-state index is 13.6. The summed E-state index contributed by atoms with van der Waals surface area (Å²) < 4.78 is 7.44. The van der Waals surface area contributed by atoms with E-state index < -0.39 is 29.7 Å². The summed E-state index contributed by atoms with van der Waals surface area (Å²) in [7, 11) is 0. The number of amides is 4. The van der Waals surface area contributed by atoms with Crippen LogP contribution in [0.3, 0.4) is 0 Å². The Morgan fingerprint density at radius 1 is 0.902 bits per heavy atom. The molecule has 61 heavy (non-hydrogen) atoms. The largest absolute Gasteiger partial charge is 0.485 e. The maximum atomic E-state index is 13.6. The van der Waals surface area contributed by atoms with Crippen LogP contribution in [0.4, 0.5) is 17.5 Å². The van der Waals surface area contributed by atoms with Crippen LogP contribution in [0.2, 0.25) is 0 Å². The van der Waals surface area contributed by atoms with Crippen molar-refractivity contribution in [1.82, 2.24) is 34.6 Å². The van der Waals surface area contributed by atoms with Gasteiger partial charge in [-0.15, -0.1) is 0 Å². The molecule has 2 N–H and O–H groups in total. The first-order chi connectivity index (χ1) is 29.5. The number of hydrogen-bond acceptors (Lipinski definition) is 14. The number of nitrogens with one attached hydrogen (secondary N) is 2. The molecule has 1 saturated carbocycles. The van der Waals surface area contributed by atoms with Gasteiger partial charge < -0.3 is 15.0 Å². The third-order valence-corrected chi connectivity index (χ3v) is 12.2. The van der Waals surface area contributed by atoms with Crippen molar-refractivity contribution in [1.29, 1.82) is 0 Å². The molecule has 1 unspecified atom stereocenters. The van der Waals surface area contributed by atoms with Gasteiger partial charge in [-0.3, -0.25) is 53.2 Å². The van der Waals surface area contributed by atoms with Gasteiger partial charge in [0.15, 0.2) is 11.6 Å². The summed E-state index contributed by atoms with van der Waals surface area (Å²) in [5.74, 6) is -1.79. The summed E-state index contributed by atoms with van der Waals surface area (Å²) in [4.78, 5) is 109. The number of Topliss-reactive ketones (excluding diaryl/α,β-unsaturated/α-hetero) is 2. The van der Waals surface area contributed by atoms with Crippen molar-refractivity contribution in [2.24, 2.45) is 0 Å². The lowest BCUT2D eigenvalue weighted by molar-refractivity contribution is -0.136. The second kappa shape index (κ2) is 17.7. The van der Waals surface area contributed by atoms with Crippen LogP contribution in [0.15, 0.2) is 47.5 Å². The zero-order valence-electron chi connectivity index (χ0n) is 34.4. The number of unbranched alkanes of at least 4 members (excludes halogenated alkanes) is 2. The molecule has 3 aliphatic heterocycles. The van der Waals surface area contributed by atoms with Gasteiger partial charge in [-0.25, -0.2) is 9.97 Å². The minimum absolute atomic E-state index is 0.00368. The normalized spacial score (nSPS) is 18.5. The first kappa shape index (κ1) is 41.4. The van der Waals surface area contributed by atoms with Gasteiger partial charge in [0.2, 0.25) is 17.8 Å². The molecule has 2 saturated heterocycles. The van der Waals surface area contributed by atoms with E-state index in [4.69, 9.17) is 9.72 Å². The molecule has 6 heterocycles. The predicted molar refractivity (Wildman–Crippen MR) is 224 cm³/mol. The number of carbonyl (C=O) groups excluding carboxylic acids is 6. The fourth-order valence-electron chi connectivity index (χ4n) is 8.97. The Hall–Kier alpha value is -6.36. The van der Waals surface area contributed by atoms with Gasteiger partial charge in [0.25, 0.3) is 17.4 Å². The highest BCUT2D eigenvalue weighted by Gasteiger charge is 2.46. The highest BCUT2D eigenvalue weighted by atomic mass is 16.5. The fraction of sp³-hybridized carbons (Fsp3) is 0.455. The number of nitrogens with zero attached hydrogens (tertiary/aromatic N) is 7. The van der Waals surface area contributed by atoms with Crippen LogP contribution in [-0.4, -0.2) is 110 Å². The lowest BCUT2D eigenvalue weighted by Gasteiger charge is -2.36. The zero-order chi connectivity index (χ0) is 42.8. The van der Waals surface area contributed by atoms with E-state index in [0.29, 0.717) is 41.2 Å². The van der Waals surface area contributed by atoms with Crippen molar-refractivity contribution < 1.29 is 33.5 Å². The average Bonchev–Trinajstić information content (AvgIpc) is 3.86. The average molecular weight is 832 g/mol. The molecule has 4 aliphatic rings. The number of rotatable bonds is 15. The van der Waals surface area contributed by atoms with Gasteiger partial charge in [0.1, 0.15) is 29.9 Å². The zero-order valence-corrected chi connectivity index (χ0v) is 34.4. The number of carbonyl (C=O) groups is 6. The van der Waals surface area contributed by atoms with E-state index in [1.165, 1.54) is 19.1 Å². The van der Waals surface area contributed by atoms with Crippen LogP contribution < -0.4 is 25.8 Å². The van der Waals surface area contributed by atoms with Crippen LogP contribution in [-0.2, 0) is 14.4 Å². The molecular formula is C44H49N9O8. The number of pyridine rings is 2. The standard InChI is InChI=1S/C44H49N9O8/c1-26-32-24-46-44(49-39(32)52(28-9-5-6-10-28)42(59)37(26)27(2)54)47-35-16-14-29(23-45-35)51-21-19-50(20-22-51)18-7-3-4-11-30(55)25-61-34-13-8-12-31-38(34)43(60)53(41(31)58)33-15-17-36(56)48-40(33)57/h8,12-14,16,23-24,28,33H,3-7,9-11,15,17-22,25H2,1-2H3,(H,48,56,57)(H,45,46,47,49). The Morgan fingerprint density at radius 3 is 2.41 bits per heavy atom. The summed E-state index contributed by atoms with van der Waals surface area (Å²) in [5, 5.41) is 6.07. The molecule has 0 bridgehead atoms. The van der Waals surface area contributed by atoms with Gasteiger partial charge in [-0.2, -0.15) is 4.98 Å². The molecule has 3 aromatic heterocycles. The van der Waals surface area contributed by atoms with Gasteiger partial charge in [0.05, 0.1) is 28.6 Å².